The molecule has 2 aliphatic rings. The summed E-state index contributed by atoms with van der Waals surface area (Å²) in [7, 11) is 0. The van der Waals surface area contributed by atoms with E-state index in [1.165, 1.54) is 199 Å². The average molecular weight is 1370 g/mol. The van der Waals surface area contributed by atoms with Crippen LogP contribution >= 0.6 is 0 Å². The average Bonchev–Trinajstić information content (AvgIpc) is 0.794. The highest BCUT2D eigenvalue weighted by molar-refractivity contribution is 5.76. The fourth-order valence-corrected chi connectivity index (χ4v) is 12.8. The summed E-state index contributed by atoms with van der Waals surface area (Å²) in [6, 6.07) is -0.834. The summed E-state index contributed by atoms with van der Waals surface area (Å²) >= 11 is 0. The van der Waals surface area contributed by atoms with Crippen molar-refractivity contribution in [1.82, 2.24) is 5.32 Å². The molecule has 14 nitrogen and oxygen atoms in total. The number of rotatable bonds is 66. The Labute approximate surface area is 592 Å². The molecule has 2 fully saturated rings. The Kier molecular flexibility index (Phi) is 61.4. The van der Waals surface area contributed by atoms with E-state index in [1.807, 2.05) is 0 Å². The van der Waals surface area contributed by atoms with Crippen molar-refractivity contribution in [1.29, 1.82) is 0 Å². The van der Waals surface area contributed by atoms with Gasteiger partial charge in [-0.25, -0.2) is 0 Å². The molecule has 2 aliphatic heterocycles. The Morgan fingerprint density at radius 1 is 0.381 bits per heavy atom. The normalized spacial score (nSPS) is 22.7. The van der Waals surface area contributed by atoms with Gasteiger partial charge < -0.3 is 65.1 Å². The molecule has 14 heteroatoms. The standard InChI is InChI=1S/C83H147NO13/c1-3-5-7-9-11-13-15-17-19-21-23-25-27-28-29-30-31-32-33-34-35-36-37-38-39-40-41-42-43-44-45-47-49-51-53-55-57-59-61-63-65-67-75(88)84-71(70-94-82-80(93)78(91)81(74(69-86)96-82)97-83-79(92)77(90)76(89)73(68-85)95-83)72(87)66-64-62-60-58-56-54-52-50-48-46-26-24-22-20-18-16-14-12-10-8-6-4-2/h5,7,11,13,17,19,23,25,28-29,31-32,34-35,37-38,71-74,76-83,85-87,89-93H,3-4,6,8-10,12,14-16,18,20-22,24,26-27,30,33,36,39-70H2,1-2H3,(H,84,88)/b7-5-,13-11-,19-17-,25-23-,29-28-,32-31-,35-34-,38-37-. The van der Waals surface area contributed by atoms with E-state index >= 15 is 0 Å². The lowest BCUT2D eigenvalue weighted by molar-refractivity contribution is -0.359. The largest absolute Gasteiger partial charge is 0.394 e. The Morgan fingerprint density at radius 2 is 0.711 bits per heavy atom. The smallest absolute Gasteiger partial charge is 0.220 e. The molecule has 97 heavy (non-hydrogen) atoms. The molecule has 9 N–H and O–H groups in total. The quantitative estimate of drug-likeness (QED) is 0.0204. The minimum absolute atomic E-state index is 0.204. The molecule has 2 saturated heterocycles. The van der Waals surface area contributed by atoms with Crippen LogP contribution in [0.2, 0.25) is 0 Å². The number of ether oxygens (including phenoxy) is 4. The lowest BCUT2D eigenvalue weighted by Crippen LogP contribution is -2.65. The van der Waals surface area contributed by atoms with E-state index in [1.54, 1.807) is 0 Å². The van der Waals surface area contributed by atoms with Crippen LogP contribution < -0.4 is 5.32 Å². The second-order valence-corrected chi connectivity index (χ2v) is 27.8. The number of hydrogen-bond donors (Lipinski definition) is 9. The number of nitrogens with one attached hydrogen (secondary N) is 1. The van der Waals surface area contributed by atoms with Crippen LogP contribution in [0.4, 0.5) is 0 Å². The number of unbranched alkanes of at least 4 members (excludes halogenated alkanes) is 37. The van der Waals surface area contributed by atoms with Gasteiger partial charge in [-0.05, 0) is 77.0 Å². The first kappa shape index (κ1) is 90.0. The van der Waals surface area contributed by atoms with Gasteiger partial charge in [-0.15, -0.1) is 0 Å². The van der Waals surface area contributed by atoms with E-state index in [4.69, 9.17) is 18.9 Å². The number of allylic oxidation sites excluding steroid dienone is 16. The van der Waals surface area contributed by atoms with E-state index in [2.05, 4.69) is 116 Å². The maximum Gasteiger partial charge on any atom is 0.220 e. The number of aliphatic hydroxyl groups excluding tert-OH is 8. The third-order valence-corrected chi connectivity index (χ3v) is 19.1. The molecule has 0 radical (unpaired) electrons. The van der Waals surface area contributed by atoms with Crippen molar-refractivity contribution in [3.63, 3.8) is 0 Å². The van der Waals surface area contributed by atoms with Gasteiger partial charge in [0.25, 0.3) is 0 Å². The molecule has 12 atom stereocenters. The zero-order chi connectivity index (χ0) is 70.1. The zero-order valence-electron chi connectivity index (χ0n) is 61.6. The molecule has 1 amide bonds. The lowest BCUT2D eigenvalue weighted by Gasteiger charge is -2.46. The molecule has 0 aromatic carbocycles. The van der Waals surface area contributed by atoms with Gasteiger partial charge in [0.05, 0.1) is 32.0 Å². The second kappa shape index (κ2) is 66.2. The SMILES string of the molecule is CC/C=C\C/C=C\C/C=C\C/C=C\C/C=C\C/C=C\C/C=C\C/C=C\CCCCCCCCCCCCCCCCCCC(=O)NC(COC1OC(CO)C(OC2OC(CO)C(O)C(O)C2O)C(O)C1O)C(O)CCCCCCCCCCCCCCCCCCCCCCCC. The van der Waals surface area contributed by atoms with Crippen LogP contribution in [0, 0.1) is 0 Å². The van der Waals surface area contributed by atoms with Crippen LogP contribution in [0.1, 0.15) is 328 Å². The lowest BCUT2D eigenvalue weighted by atomic mass is 9.97. The molecule has 0 bridgehead atoms. The monoisotopic (exact) mass is 1370 g/mol. The molecule has 12 unspecified atom stereocenters. The highest BCUT2D eigenvalue weighted by Gasteiger charge is 2.51. The van der Waals surface area contributed by atoms with Crippen LogP contribution in [0.15, 0.2) is 97.2 Å². The summed E-state index contributed by atoms with van der Waals surface area (Å²) in [4.78, 5) is 13.4. The number of aliphatic hydroxyl groups is 8. The highest BCUT2D eigenvalue weighted by atomic mass is 16.7. The molecule has 0 aliphatic carbocycles. The Hall–Kier alpha value is -3.09. The molecule has 0 spiro atoms. The van der Waals surface area contributed by atoms with Crippen molar-refractivity contribution in [2.75, 3.05) is 19.8 Å². The van der Waals surface area contributed by atoms with E-state index in [0.717, 1.165) is 103 Å². The third kappa shape index (κ3) is 49.2. The number of hydrogen-bond acceptors (Lipinski definition) is 13. The maximum absolute atomic E-state index is 13.4. The van der Waals surface area contributed by atoms with Crippen LogP contribution in [0.3, 0.4) is 0 Å². The zero-order valence-corrected chi connectivity index (χ0v) is 61.6. The van der Waals surface area contributed by atoms with E-state index in [9.17, 15) is 45.6 Å². The molecule has 2 heterocycles. The Morgan fingerprint density at radius 3 is 1.09 bits per heavy atom. The molecule has 2 rings (SSSR count). The number of carbonyl (C=O) groups is 1. The molecule has 0 aromatic heterocycles. The van der Waals surface area contributed by atoms with Crippen molar-refractivity contribution < 1.29 is 64.6 Å². The summed E-state index contributed by atoms with van der Waals surface area (Å²) in [6.45, 7) is 2.79. The minimum Gasteiger partial charge on any atom is -0.394 e. The first-order valence-corrected chi connectivity index (χ1v) is 40.0. The summed E-state index contributed by atoms with van der Waals surface area (Å²) in [6.07, 6.45) is 77.2. The van der Waals surface area contributed by atoms with E-state index in [-0.39, 0.29) is 12.5 Å². The van der Waals surface area contributed by atoms with Crippen LogP contribution in [-0.2, 0) is 23.7 Å². The molecule has 0 saturated carbocycles. The summed E-state index contributed by atoms with van der Waals surface area (Å²) in [5.74, 6) is -0.204. The highest BCUT2D eigenvalue weighted by Crippen LogP contribution is 2.30. The second-order valence-electron chi connectivity index (χ2n) is 27.8. The van der Waals surface area contributed by atoms with Crippen LogP contribution in [0.25, 0.3) is 0 Å². The van der Waals surface area contributed by atoms with Crippen molar-refractivity contribution in [2.45, 2.75) is 402 Å². The molecule has 0 aromatic rings. The first-order chi connectivity index (χ1) is 47.6. The van der Waals surface area contributed by atoms with Crippen LogP contribution in [-0.4, -0.2) is 140 Å². The van der Waals surface area contributed by atoms with E-state index < -0.39 is 86.8 Å². The molecule has 562 valence electrons. The van der Waals surface area contributed by atoms with Gasteiger partial charge in [-0.1, -0.05) is 342 Å². The van der Waals surface area contributed by atoms with Gasteiger partial charge in [-0.3, -0.25) is 4.79 Å². The Bertz CT molecular complexity index is 2000. The maximum atomic E-state index is 13.4. The summed E-state index contributed by atoms with van der Waals surface area (Å²) < 4.78 is 23.0. The third-order valence-electron chi connectivity index (χ3n) is 19.1. The van der Waals surface area contributed by atoms with Gasteiger partial charge in [-0.2, -0.15) is 0 Å². The van der Waals surface area contributed by atoms with Crippen molar-refractivity contribution in [2.24, 2.45) is 0 Å². The van der Waals surface area contributed by atoms with E-state index in [0.29, 0.717) is 12.8 Å². The van der Waals surface area contributed by atoms with Gasteiger partial charge in [0.15, 0.2) is 12.6 Å². The Balaban J connectivity index is 1.58. The predicted octanol–water partition coefficient (Wildman–Crippen LogP) is 18.1. The van der Waals surface area contributed by atoms with Gasteiger partial charge in [0.1, 0.15) is 48.8 Å². The summed E-state index contributed by atoms with van der Waals surface area (Å²) in [5, 5.41) is 87.8. The topological polar surface area (TPSA) is 228 Å². The van der Waals surface area contributed by atoms with Gasteiger partial charge in [0.2, 0.25) is 5.91 Å². The van der Waals surface area contributed by atoms with Gasteiger partial charge >= 0.3 is 0 Å². The minimum atomic E-state index is -1.79. The molecular formula is C83H147NO13. The van der Waals surface area contributed by atoms with Crippen LogP contribution in [0.5, 0.6) is 0 Å². The first-order valence-electron chi connectivity index (χ1n) is 40.0. The predicted molar refractivity (Wildman–Crippen MR) is 401 cm³/mol. The van der Waals surface area contributed by atoms with Gasteiger partial charge in [0, 0.05) is 6.42 Å². The van der Waals surface area contributed by atoms with Crippen molar-refractivity contribution >= 4 is 5.91 Å². The van der Waals surface area contributed by atoms with Crippen molar-refractivity contribution in [3.8, 4) is 0 Å². The fraction of sp³-hybridized carbons (Fsp3) is 0.795. The summed E-state index contributed by atoms with van der Waals surface area (Å²) in [5.41, 5.74) is 0. The fourth-order valence-electron chi connectivity index (χ4n) is 12.8. The van der Waals surface area contributed by atoms with Crippen molar-refractivity contribution in [3.05, 3.63) is 97.2 Å². The molecular weight excluding hydrogens is 1220 g/mol. The number of carbonyl (C=O) groups excluding carboxylic acids is 1. The number of amides is 1.